The number of ketones is 1. The molecule has 10 heteroatoms. The number of carbonyl (C=O) groups is 3. The molecule has 1 aliphatic rings. The van der Waals surface area contributed by atoms with Crippen molar-refractivity contribution in [2.45, 2.75) is 25.8 Å². The minimum absolute atomic E-state index is 0.0531. The summed E-state index contributed by atoms with van der Waals surface area (Å²) in [6, 6.07) is 19.4. The van der Waals surface area contributed by atoms with E-state index in [0.717, 1.165) is 15.8 Å². The van der Waals surface area contributed by atoms with E-state index in [4.69, 9.17) is 16.3 Å². The van der Waals surface area contributed by atoms with E-state index in [0.29, 0.717) is 27.5 Å². The van der Waals surface area contributed by atoms with E-state index < -0.39 is 17.5 Å². The van der Waals surface area contributed by atoms with Crippen LogP contribution in [0.3, 0.4) is 0 Å². The number of methoxy groups -OCH3 is 1. The Balaban J connectivity index is 1.56. The van der Waals surface area contributed by atoms with Crippen molar-refractivity contribution in [3.63, 3.8) is 0 Å². The number of amides is 2. The Morgan fingerprint density at radius 3 is 2.55 bits per heavy atom. The van der Waals surface area contributed by atoms with Crippen molar-refractivity contribution in [2.24, 2.45) is 0 Å². The number of halogens is 1. The Kier molecular flexibility index (Phi) is 7.48. The minimum atomic E-state index is -1.04. The minimum Gasteiger partial charge on any atom is -0.480 e. The van der Waals surface area contributed by atoms with Crippen molar-refractivity contribution in [2.75, 3.05) is 17.7 Å². The van der Waals surface area contributed by atoms with Gasteiger partial charge in [-0.3, -0.25) is 19.2 Å². The van der Waals surface area contributed by atoms with Gasteiger partial charge in [-0.05, 0) is 60.0 Å². The summed E-state index contributed by atoms with van der Waals surface area (Å²) in [4.78, 5) is 51.3. The molecule has 202 valence electrons. The molecule has 0 fully saturated rings. The Morgan fingerprint density at radius 2 is 1.82 bits per heavy atom. The first-order valence-corrected chi connectivity index (χ1v) is 12.9. The van der Waals surface area contributed by atoms with Crippen molar-refractivity contribution < 1.29 is 19.1 Å². The number of rotatable bonds is 8. The Bertz CT molecular complexity index is 1700. The highest BCUT2D eigenvalue weighted by Crippen LogP contribution is 2.33. The van der Waals surface area contributed by atoms with Gasteiger partial charge in [0.1, 0.15) is 6.04 Å². The van der Waals surface area contributed by atoms with Crippen LogP contribution >= 0.6 is 11.6 Å². The van der Waals surface area contributed by atoms with Crippen molar-refractivity contribution in [1.82, 2.24) is 9.78 Å². The number of aromatic nitrogens is 2. The van der Waals surface area contributed by atoms with E-state index >= 15 is 0 Å². The summed E-state index contributed by atoms with van der Waals surface area (Å²) in [7, 11) is 1.39. The normalized spacial score (nSPS) is 12.8. The molecule has 1 atom stereocenters. The standard InChI is InChI=1S/C30H25ClN4O5/c1-17(36)22-10-8-20(31)15-23(22)24-16-28(38)35(34-30(24)40-2)26(12-18-6-4-3-5-7-18)29(39)32-21-9-11-25-19(13-21)14-27(37)33-25/h3-11,13,15-16,26H,12,14H2,1-2H3,(H,32,39)(H,33,37). The predicted molar refractivity (Wildman–Crippen MR) is 152 cm³/mol. The maximum Gasteiger partial charge on any atom is 0.268 e. The van der Waals surface area contributed by atoms with E-state index in [1.54, 1.807) is 36.4 Å². The summed E-state index contributed by atoms with van der Waals surface area (Å²) in [6.07, 6.45) is 0.390. The Morgan fingerprint density at radius 1 is 1.05 bits per heavy atom. The average Bonchev–Trinajstić information content (AvgIpc) is 3.31. The van der Waals surface area contributed by atoms with Crippen LogP contribution in [-0.2, 0) is 22.4 Å². The molecule has 2 amide bonds. The topological polar surface area (TPSA) is 119 Å². The molecule has 4 aromatic rings. The molecule has 1 aromatic heterocycles. The Hall–Kier alpha value is -4.76. The molecular weight excluding hydrogens is 532 g/mol. The van der Waals surface area contributed by atoms with Crippen LogP contribution in [0.5, 0.6) is 5.88 Å². The van der Waals surface area contributed by atoms with E-state index in [2.05, 4.69) is 15.7 Å². The second-order valence-corrected chi connectivity index (χ2v) is 9.82. The number of nitrogens with zero attached hydrogens (tertiary/aromatic N) is 2. The van der Waals surface area contributed by atoms with Crippen molar-refractivity contribution >= 4 is 40.6 Å². The molecule has 40 heavy (non-hydrogen) atoms. The SMILES string of the molecule is COc1nn(C(Cc2ccccc2)C(=O)Nc2ccc3c(c2)CC(=O)N3)c(=O)cc1-c1cc(Cl)ccc1C(C)=O. The number of benzene rings is 3. The molecule has 2 heterocycles. The number of hydrogen-bond acceptors (Lipinski definition) is 6. The molecule has 5 rings (SSSR count). The van der Waals surface area contributed by atoms with Gasteiger partial charge >= 0.3 is 0 Å². The van der Waals surface area contributed by atoms with Gasteiger partial charge in [0.2, 0.25) is 17.7 Å². The maximum atomic E-state index is 13.7. The van der Waals surface area contributed by atoms with Crippen molar-refractivity contribution in [3.8, 4) is 17.0 Å². The first-order valence-electron chi connectivity index (χ1n) is 12.5. The fourth-order valence-electron chi connectivity index (χ4n) is 4.73. The van der Waals surface area contributed by atoms with E-state index in [9.17, 15) is 19.2 Å². The molecule has 0 saturated carbocycles. The Labute approximate surface area is 234 Å². The number of anilines is 2. The fourth-order valence-corrected chi connectivity index (χ4v) is 4.90. The number of hydrogen-bond donors (Lipinski definition) is 2. The molecular formula is C30H25ClN4O5. The largest absolute Gasteiger partial charge is 0.480 e. The van der Waals surface area contributed by atoms with Crippen molar-refractivity contribution in [1.29, 1.82) is 0 Å². The van der Waals surface area contributed by atoms with E-state index in [1.165, 1.54) is 20.1 Å². The smallest absolute Gasteiger partial charge is 0.268 e. The van der Waals surface area contributed by atoms with Crippen LogP contribution in [0.2, 0.25) is 5.02 Å². The molecule has 0 spiro atoms. The highest BCUT2D eigenvalue weighted by Gasteiger charge is 2.27. The molecule has 1 aliphatic heterocycles. The van der Waals surface area contributed by atoms with E-state index in [-0.39, 0.29) is 36.0 Å². The lowest BCUT2D eigenvalue weighted by atomic mass is 9.98. The monoisotopic (exact) mass is 556 g/mol. The third-order valence-electron chi connectivity index (χ3n) is 6.63. The highest BCUT2D eigenvalue weighted by molar-refractivity contribution is 6.31. The molecule has 0 aliphatic carbocycles. The quantitative estimate of drug-likeness (QED) is 0.304. The van der Waals surface area contributed by atoms with Gasteiger partial charge in [-0.1, -0.05) is 41.9 Å². The molecule has 2 N–H and O–H groups in total. The van der Waals surface area contributed by atoms with Gasteiger partial charge in [-0.15, -0.1) is 5.10 Å². The summed E-state index contributed by atoms with van der Waals surface area (Å²) in [5.41, 5.74) is 3.25. The molecule has 0 bridgehead atoms. The van der Waals surface area contributed by atoms with Crippen LogP contribution in [0.15, 0.2) is 77.6 Å². The van der Waals surface area contributed by atoms with Gasteiger partial charge in [0.25, 0.3) is 5.56 Å². The van der Waals surface area contributed by atoms with Gasteiger partial charge < -0.3 is 15.4 Å². The zero-order chi connectivity index (χ0) is 28.4. The number of ether oxygens (including phenoxy) is 1. The first kappa shape index (κ1) is 26.8. The number of fused-ring (bicyclic) bond motifs is 1. The molecule has 0 radical (unpaired) electrons. The molecule has 9 nitrogen and oxygen atoms in total. The third kappa shape index (κ3) is 5.50. The van der Waals surface area contributed by atoms with Crippen LogP contribution in [0.4, 0.5) is 11.4 Å². The van der Waals surface area contributed by atoms with Crippen LogP contribution in [0.1, 0.15) is 34.5 Å². The van der Waals surface area contributed by atoms with Crippen molar-refractivity contribution in [3.05, 3.63) is 105 Å². The third-order valence-corrected chi connectivity index (χ3v) is 6.87. The van der Waals surface area contributed by atoms with Gasteiger partial charge in [-0.25, -0.2) is 4.68 Å². The second kappa shape index (κ2) is 11.2. The first-order chi connectivity index (χ1) is 19.2. The lowest BCUT2D eigenvalue weighted by Crippen LogP contribution is -2.36. The van der Waals surface area contributed by atoms with Gasteiger partial charge in [-0.2, -0.15) is 0 Å². The van der Waals surface area contributed by atoms with Crippen LogP contribution < -0.4 is 20.9 Å². The lowest BCUT2D eigenvalue weighted by Gasteiger charge is -2.21. The second-order valence-electron chi connectivity index (χ2n) is 9.39. The summed E-state index contributed by atoms with van der Waals surface area (Å²) in [5.74, 6) is -0.753. The van der Waals surface area contributed by atoms with Crippen LogP contribution in [0.25, 0.3) is 11.1 Å². The van der Waals surface area contributed by atoms with Gasteiger partial charge in [0.05, 0.1) is 19.1 Å². The van der Waals surface area contributed by atoms with E-state index in [1.807, 2.05) is 30.3 Å². The number of nitrogens with one attached hydrogen (secondary N) is 2. The average molecular weight is 557 g/mol. The predicted octanol–water partition coefficient (Wildman–Crippen LogP) is 4.69. The zero-order valence-corrected chi connectivity index (χ0v) is 22.5. The summed E-state index contributed by atoms with van der Waals surface area (Å²) in [6.45, 7) is 1.42. The summed E-state index contributed by atoms with van der Waals surface area (Å²) >= 11 is 6.21. The highest BCUT2D eigenvalue weighted by atomic mass is 35.5. The van der Waals surface area contributed by atoms with Crippen LogP contribution in [-0.4, -0.2) is 34.5 Å². The maximum absolute atomic E-state index is 13.7. The summed E-state index contributed by atoms with van der Waals surface area (Å²) < 4.78 is 6.62. The van der Waals surface area contributed by atoms with Gasteiger partial charge in [0, 0.05) is 34.4 Å². The molecule has 3 aromatic carbocycles. The zero-order valence-electron chi connectivity index (χ0n) is 21.7. The molecule has 0 saturated heterocycles. The van der Waals surface area contributed by atoms with Gasteiger partial charge in [0.15, 0.2) is 5.78 Å². The lowest BCUT2D eigenvalue weighted by molar-refractivity contribution is -0.119. The number of carbonyl (C=O) groups excluding carboxylic acids is 3. The summed E-state index contributed by atoms with van der Waals surface area (Å²) in [5, 5.41) is 10.4. The number of Topliss-reactive ketones (excluding diaryl/α,β-unsaturated/α-hetero) is 1. The fraction of sp³-hybridized carbons (Fsp3) is 0.167. The molecule has 1 unspecified atom stereocenters. The van der Waals surface area contributed by atoms with Crippen LogP contribution in [0, 0.1) is 0 Å².